The molecule has 1 N–H and O–H groups in total. The third kappa shape index (κ3) is 1.96. The maximum absolute atomic E-state index is 6.54. The zero-order chi connectivity index (χ0) is 17.2. The van der Waals surface area contributed by atoms with E-state index in [1.54, 1.807) is 13.2 Å². The molecular weight excluding hydrogens is 338 g/mol. The highest BCUT2D eigenvalue weighted by Gasteiger charge is 2.63. The zero-order valence-electron chi connectivity index (χ0n) is 14.2. The van der Waals surface area contributed by atoms with E-state index in [1.807, 2.05) is 6.07 Å². The molecule has 25 heavy (non-hydrogen) atoms. The summed E-state index contributed by atoms with van der Waals surface area (Å²) in [5.74, 6) is 2.12. The van der Waals surface area contributed by atoms with Crippen LogP contribution in [0.1, 0.15) is 17.5 Å². The van der Waals surface area contributed by atoms with Gasteiger partial charge in [0.25, 0.3) is 0 Å². The Kier molecular flexibility index (Phi) is 3.46. The highest BCUT2D eigenvalue weighted by Crippen LogP contribution is 2.61. The fourth-order valence-corrected chi connectivity index (χ4v) is 5.55. The van der Waals surface area contributed by atoms with Crippen LogP contribution in [0.4, 0.5) is 0 Å². The van der Waals surface area contributed by atoms with Gasteiger partial charge < -0.3 is 19.5 Å². The molecule has 2 heterocycles. The van der Waals surface area contributed by atoms with E-state index in [4.69, 9.17) is 25.8 Å². The van der Waals surface area contributed by atoms with Crippen LogP contribution in [0.25, 0.3) is 0 Å². The Labute approximate surface area is 152 Å². The molecule has 1 aromatic carbocycles. The van der Waals surface area contributed by atoms with Crippen LogP contribution in [0, 0.1) is 5.92 Å². The molecule has 4 aliphatic rings. The van der Waals surface area contributed by atoms with Crippen molar-refractivity contribution in [2.75, 3.05) is 13.7 Å². The summed E-state index contributed by atoms with van der Waals surface area (Å²) in [6.45, 7) is 4.72. The molecule has 0 aromatic heterocycles. The molecule has 5 heteroatoms. The van der Waals surface area contributed by atoms with Gasteiger partial charge in [0.2, 0.25) is 0 Å². The van der Waals surface area contributed by atoms with Gasteiger partial charge in [0, 0.05) is 22.9 Å². The first kappa shape index (κ1) is 15.7. The third-order valence-corrected chi connectivity index (χ3v) is 6.62. The van der Waals surface area contributed by atoms with E-state index >= 15 is 0 Å². The Morgan fingerprint density at radius 1 is 1.44 bits per heavy atom. The highest BCUT2D eigenvalue weighted by molar-refractivity contribution is 6.20. The molecule has 0 saturated carbocycles. The molecule has 5 rings (SSSR count). The molecule has 1 saturated heterocycles. The van der Waals surface area contributed by atoms with Crippen LogP contribution in [0.5, 0.6) is 11.5 Å². The SMILES string of the molecule is C=CC(Cl)OC1C=CC2[C@H]3Cc4ccc(OC)c5c4[C@@]2(CCN3)C1O5. The quantitative estimate of drug-likeness (QED) is 0.663. The van der Waals surface area contributed by atoms with Crippen LogP contribution in [0.15, 0.2) is 36.9 Å². The molecule has 132 valence electrons. The number of piperidine rings is 1. The number of ether oxygens (including phenoxy) is 3. The zero-order valence-corrected chi connectivity index (χ0v) is 15.0. The lowest BCUT2D eigenvalue weighted by molar-refractivity contribution is -0.0539. The molecule has 0 amide bonds. The van der Waals surface area contributed by atoms with Crippen LogP contribution in [0.3, 0.4) is 0 Å². The Balaban J connectivity index is 1.69. The number of alkyl halides is 1. The number of hydrogen-bond donors (Lipinski definition) is 1. The predicted octanol–water partition coefficient (Wildman–Crippen LogP) is 2.93. The molecule has 1 spiro atoms. The summed E-state index contributed by atoms with van der Waals surface area (Å²) in [5, 5.41) is 3.70. The molecule has 1 fully saturated rings. The van der Waals surface area contributed by atoms with Crippen molar-refractivity contribution in [3.05, 3.63) is 48.1 Å². The van der Waals surface area contributed by atoms with Crippen molar-refractivity contribution < 1.29 is 14.2 Å². The number of benzene rings is 1. The van der Waals surface area contributed by atoms with Crippen molar-refractivity contribution in [1.29, 1.82) is 0 Å². The summed E-state index contributed by atoms with van der Waals surface area (Å²) in [4.78, 5) is 0. The molecule has 4 nitrogen and oxygen atoms in total. The van der Waals surface area contributed by atoms with Gasteiger partial charge in [-0.1, -0.05) is 36.4 Å². The first-order valence-electron chi connectivity index (χ1n) is 8.90. The second-order valence-electron chi connectivity index (χ2n) is 7.32. The van der Waals surface area contributed by atoms with Crippen molar-refractivity contribution in [1.82, 2.24) is 5.32 Å². The lowest BCUT2D eigenvalue weighted by atomic mass is 9.53. The van der Waals surface area contributed by atoms with Crippen molar-refractivity contribution in [3.8, 4) is 11.5 Å². The molecule has 1 aromatic rings. The van der Waals surface area contributed by atoms with E-state index < -0.39 is 5.56 Å². The minimum absolute atomic E-state index is 0.0649. The Hall–Kier alpha value is -1.49. The van der Waals surface area contributed by atoms with E-state index in [1.165, 1.54) is 11.1 Å². The van der Waals surface area contributed by atoms with E-state index in [9.17, 15) is 0 Å². The van der Waals surface area contributed by atoms with E-state index in [0.29, 0.717) is 12.0 Å². The average Bonchev–Trinajstić information content (AvgIpc) is 2.96. The van der Waals surface area contributed by atoms with Crippen LogP contribution in [-0.2, 0) is 16.6 Å². The van der Waals surface area contributed by atoms with Crippen molar-refractivity contribution in [2.24, 2.45) is 5.92 Å². The van der Waals surface area contributed by atoms with Crippen LogP contribution < -0.4 is 14.8 Å². The number of nitrogens with one attached hydrogen (secondary N) is 1. The lowest BCUT2D eigenvalue weighted by Gasteiger charge is -2.54. The van der Waals surface area contributed by atoms with Crippen LogP contribution >= 0.6 is 11.6 Å². The summed E-state index contributed by atoms with van der Waals surface area (Å²) < 4.78 is 18.2. The van der Waals surface area contributed by atoms with Gasteiger partial charge in [0.1, 0.15) is 12.2 Å². The van der Waals surface area contributed by atoms with Gasteiger partial charge in [-0.15, -0.1) is 0 Å². The van der Waals surface area contributed by atoms with Crippen molar-refractivity contribution in [2.45, 2.75) is 42.1 Å². The smallest absolute Gasteiger partial charge is 0.165 e. The summed E-state index contributed by atoms with van der Waals surface area (Å²) in [7, 11) is 1.70. The minimum Gasteiger partial charge on any atom is -0.493 e. The summed E-state index contributed by atoms with van der Waals surface area (Å²) in [6.07, 6.45) is 7.81. The average molecular weight is 360 g/mol. The Morgan fingerprint density at radius 3 is 3.12 bits per heavy atom. The van der Waals surface area contributed by atoms with Gasteiger partial charge in [-0.3, -0.25) is 0 Å². The first-order valence-corrected chi connectivity index (χ1v) is 9.33. The van der Waals surface area contributed by atoms with E-state index in [2.05, 4.69) is 30.1 Å². The fraction of sp³-hybridized carbons (Fsp3) is 0.500. The lowest BCUT2D eigenvalue weighted by Crippen LogP contribution is -2.65. The second kappa shape index (κ2) is 5.50. The molecule has 6 atom stereocenters. The van der Waals surface area contributed by atoms with E-state index in [0.717, 1.165) is 30.9 Å². The first-order chi connectivity index (χ1) is 12.2. The standard InChI is InChI=1S/C20H22ClNO3/c1-3-16(21)24-15-7-5-12-13-10-11-4-6-14(23-2)18-17(11)20(12,8-9-22-13)19(15)25-18/h3-7,12-13,15-16,19,22H,1,8-10H2,2H3/t12?,13-,15?,16?,19?,20+/m1/s1. The molecule has 2 aliphatic heterocycles. The number of methoxy groups -OCH3 is 1. The van der Waals surface area contributed by atoms with Crippen molar-refractivity contribution >= 4 is 11.6 Å². The molecule has 4 unspecified atom stereocenters. The highest BCUT2D eigenvalue weighted by atomic mass is 35.5. The van der Waals surface area contributed by atoms with E-state index in [-0.39, 0.29) is 17.6 Å². The minimum atomic E-state index is -0.530. The van der Waals surface area contributed by atoms with Crippen LogP contribution in [0.2, 0.25) is 0 Å². The topological polar surface area (TPSA) is 39.7 Å². The number of halogens is 1. The summed E-state index contributed by atoms with van der Waals surface area (Å²) in [6, 6.07) is 4.66. The second-order valence-corrected chi connectivity index (χ2v) is 7.75. The monoisotopic (exact) mass is 359 g/mol. The molecular formula is C20H22ClNO3. The van der Waals surface area contributed by atoms with Gasteiger partial charge in [0.05, 0.1) is 7.11 Å². The molecule has 2 aliphatic carbocycles. The Morgan fingerprint density at radius 2 is 2.32 bits per heavy atom. The molecule has 0 radical (unpaired) electrons. The van der Waals surface area contributed by atoms with Gasteiger partial charge in [-0.2, -0.15) is 0 Å². The summed E-state index contributed by atoms with van der Waals surface area (Å²) >= 11 is 6.20. The van der Waals surface area contributed by atoms with Crippen LogP contribution in [-0.4, -0.2) is 37.5 Å². The van der Waals surface area contributed by atoms with Gasteiger partial charge in [0.15, 0.2) is 17.1 Å². The number of hydrogen-bond acceptors (Lipinski definition) is 4. The Bertz CT molecular complexity index is 764. The fourth-order valence-electron chi connectivity index (χ4n) is 5.43. The predicted molar refractivity (Wildman–Crippen MR) is 96.5 cm³/mol. The molecule has 2 bridgehead atoms. The maximum Gasteiger partial charge on any atom is 0.165 e. The largest absolute Gasteiger partial charge is 0.493 e. The normalized spacial score (nSPS) is 37.8. The van der Waals surface area contributed by atoms with Gasteiger partial charge in [-0.05, 0) is 37.1 Å². The number of rotatable bonds is 4. The third-order valence-electron chi connectivity index (χ3n) is 6.34. The van der Waals surface area contributed by atoms with Gasteiger partial charge in [-0.25, -0.2) is 0 Å². The summed E-state index contributed by atoms with van der Waals surface area (Å²) in [5.41, 5.74) is 2.11. The van der Waals surface area contributed by atoms with Gasteiger partial charge >= 0.3 is 0 Å². The van der Waals surface area contributed by atoms with Crippen molar-refractivity contribution in [3.63, 3.8) is 0 Å². The maximum atomic E-state index is 6.54.